The molecule has 10 nitrogen and oxygen atoms in total. The smallest absolute Gasteiger partial charge is 0.324 e. The van der Waals surface area contributed by atoms with Crippen molar-refractivity contribution in [2.24, 2.45) is 5.92 Å². The van der Waals surface area contributed by atoms with Crippen LogP contribution in [-0.4, -0.2) is 72.4 Å². The molecule has 3 amide bonds. The minimum atomic E-state index is -4.41. The summed E-state index contributed by atoms with van der Waals surface area (Å²) in [6.45, 7) is 4.55. The molecule has 0 radical (unpaired) electrons. The van der Waals surface area contributed by atoms with Gasteiger partial charge in [0, 0.05) is 19.3 Å². The molecule has 1 atom stereocenters. The zero-order chi connectivity index (χ0) is 26.0. The predicted octanol–water partition coefficient (Wildman–Crippen LogP) is 3.88. The number of rotatable bonds is 5. The number of hydrogen-bond acceptors (Lipinski definition) is 6. The molecule has 5 rings (SSSR count). The Morgan fingerprint density at radius 3 is 2.68 bits per heavy atom. The fourth-order valence-corrected chi connectivity index (χ4v) is 6.31. The van der Waals surface area contributed by atoms with Gasteiger partial charge >= 0.3 is 6.03 Å². The van der Waals surface area contributed by atoms with Crippen LogP contribution in [0.1, 0.15) is 54.4 Å². The van der Waals surface area contributed by atoms with Crippen molar-refractivity contribution in [3.05, 3.63) is 47.7 Å². The zero-order valence-corrected chi connectivity index (χ0v) is 21.6. The van der Waals surface area contributed by atoms with E-state index in [0.717, 1.165) is 38.9 Å². The van der Waals surface area contributed by atoms with Crippen molar-refractivity contribution in [2.45, 2.75) is 44.3 Å². The summed E-state index contributed by atoms with van der Waals surface area (Å²) in [5.74, 6) is -0.631. The molecule has 0 bridgehead atoms. The van der Waals surface area contributed by atoms with E-state index in [9.17, 15) is 22.6 Å². The lowest BCUT2D eigenvalue weighted by Crippen LogP contribution is -2.47. The van der Waals surface area contributed by atoms with Gasteiger partial charge in [0.05, 0.1) is 16.9 Å². The van der Waals surface area contributed by atoms with Gasteiger partial charge < -0.3 is 15.1 Å². The van der Waals surface area contributed by atoms with Gasteiger partial charge in [-0.25, -0.2) is 14.7 Å². The van der Waals surface area contributed by atoms with Gasteiger partial charge in [0.25, 0.3) is 16.0 Å². The molecule has 1 aromatic carbocycles. The number of piperidine rings is 2. The molecule has 3 aliphatic heterocycles. The molecule has 2 aromatic rings. The highest BCUT2D eigenvalue weighted by atomic mass is 32.2. The number of nitrogens with one attached hydrogen (secondary N) is 1. The molecule has 0 spiro atoms. The van der Waals surface area contributed by atoms with Gasteiger partial charge in [-0.3, -0.25) is 9.35 Å². The van der Waals surface area contributed by atoms with Crippen molar-refractivity contribution in [3.63, 3.8) is 0 Å². The van der Waals surface area contributed by atoms with Crippen LogP contribution in [0.4, 0.5) is 22.0 Å². The van der Waals surface area contributed by atoms with Crippen LogP contribution in [0.5, 0.6) is 0 Å². The fourth-order valence-electron chi connectivity index (χ4n) is 5.68. The van der Waals surface area contributed by atoms with Crippen LogP contribution in [0.25, 0.3) is 0 Å². The molecule has 37 heavy (non-hydrogen) atoms. The van der Waals surface area contributed by atoms with Gasteiger partial charge in [0.15, 0.2) is 5.82 Å². The first kappa shape index (κ1) is 25.6. The number of aromatic nitrogens is 1. The lowest BCUT2D eigenvalue weighted by atomic mass is 9.94. The molecule has 1 unspecified atom stereocenters. The molecule has 2 fully saturated rings. The highest BCUT2D eigenvalue weighted by Gasteiger charge is 2.36. The summed E-state index contributed by atoms with van der Waals surface area (Å²) >= 11 is 0. The second kappa shape index (κ2) is 10.8. The van der Waals surface area contributed by atoms with Crippen molar-refractivity contribution in [1.82, 2.24) is 14.8 Å². The average molecular weight is 528 g/mol. The molecule has 2 N–H and O–H groups in total. The molecular formula is C26H33N5O5S. The lowest BCUT2D eigenvalue weighted by Gasteiger charge is -2.37. The normalized spacial score (nSPS) is 20.6. The van der Waals surface area contributed by atoms with Gasteiger partial charge in [-0.1, -0.05) is 18.6 Å². The number of nitrogens with zero attached hydrogens (tertiary/aromatic N) is 4. The SMILES string of the molecule is O=C1Nc2cccnc2N(C(=O)N2CCCC(CCN3CCCCC3)C2)c2cccc(CS(=O)(=O)O)c21. The summed E-state index contributed by atoms with van der Waals surface area (Å²) in [7, 11) is -4.41. The number of fused-ring (bicyclic) bond motifs is 2. The standard InChI is InChI=1S/C26H33N5O5S/c32-25-23-20(18-37(34,35)36)8-4-10-22(23)31(24-21(28-25)9-5-12-27-24)26(33)30-15-6-7-19(17-30)11-16-29-13-2-1-3-14-29/h4-5,8-10,12,19H,1-3,6-7,11,13-18H2,(H,28,32)(H,34,35,36). The molecule has 11 heteroatoms. The number of hydrogen-bond donors (Lipinski definition) is 2. The van der Waals surface area contributed by atoms with E-state index in [4.69, 9.17) is 0 Å². The zero-order valence-electron chi connectivity index (χ0n) is 20.8. The Balaban J connectivity index is 1.45. The van der Waals surface area contributed by atoms with E-state index in [2.05, 4.69) is 15.2 Å². The number of carbonyl (C=O) groups excluding carboxylic acids is 2. The van der Waals surface area contributed by atoms with E-state index >= 15 is 0 Å². The van der Waals surface area contributed by atoms with Gasteiger partial charge in [0.1, 0.15) is 5.75 Å². The number of urea groups is 1. The van der Waals surface area contributed by atoms with Crippen LogP contribution >= 0.6 is 0 Å². The summed E-state index contributed by atoms with van der Waals surface area (Å²) in [5.41, 5.74) is 0.747. The van der Waals surface area contributed by atoms with Crippen molar-refractivity contribution < 1.29 is 22.6 Å². The Bertz CT molecular complexity index is 1280. The van der Waals surface area contributed by atoms with E-state index in [-0.39, 0.29) is 28.7 Å². The Kier molecular flexibility index (Phi) is 7.45. The van der Waals surface area contributed by atoms with E-state index in [0.29, 0.717) is 24.7 Å². The molecule has 1 aromatic heterocycles. The Labute approximate surface area is 217 Å². The predicted molar refractivity (Wildman–Crippen MR) is 141 cm³/mol. The van der Waals surface area contributed by atoms with Crippen molar-refractivity contribution in [3.8, 4) is 0 Å². The number of benzene rings is 1. The first-order valence-electron chi connectivity index (χ1n) is 12.9. The third kappa shape index (κ3) is 5.78. The van der Waals surface area contributed by atoms with Crippen molar-refractivity contribution in [2.75, 3.05) is 42.9 Å². The molecule has 0 saturated carbocycles. The summed E-state index contributed by atoms with van der Waals surface area (Å²) in [6, 6.07) is 7.68. The lowest BCUT2D eigenvalue weighted by molar-refractivity contribution is 0.102. The number of amides is 3. The van der Waals surface area contributed by atoms with Gasteiger partial charge in [-0.15, -0.1) is 0 Å². The van der Waals surface area contributed by atoms with Crippen LogP contribution in [-0.2, 0) is 15.9 Å². The minimum absolute atomic E-state index is 0.0325. The third-order valence-electron chi connectivity index (χ3n) is 7.46. The topological polar surface area (TPSA) is 123 Å². The molecule has 198 valence electrons. The largest absolute Gasteiger partial charge is 0.330 e. The Hall–Kier alpha value is -3.02. The number of anilines is 3. The summed E-state index contributed by atoms with van der Waals surface area (Å²) < 4.78 is 32.9. The maximum absolute atomic E-state index is 14.1. The molecule has 2 saturated heterocycles. The highest BCUT2D eigenvalue weighted by molar-refractivity contribution is 7.85. The van der Waals surface area contributed by atoms with Crippen LogP contribution < -0.4 is 10.2 Å². The maximum Gasteiger partial charge on any atom is 0.330 e. The first-order chi connectivity index (χ1) is 17.8. The molecule has 0 aliphatic carbocycles. The van der Waals surface area contributed by atoms with Crippen LogP contribution in [0, 0.1) is 5.92 Å². The van der Waals surface area contributed by atoms with Gasteiger partial charge in [0.2, 0.25) is 0 Å². The number of carbonyl (C=O) groups is 2. The molecule has 4 heterocycles. The van der Waals surface area contributed by atoms with E-state index in [1.165, 1.54) is 30.2 Å². The molecular weight excluding hydrogens is 494 g/mol. The quantitative estimate of drug-likeness (QED) is 0.566. The van der Waals surface area contributed by atoms with E-state index < -0.39 is 21.8 Å². The van der Waals surface area contributed by atoms with Crippen LogP contribution in [0.2, 0.25) is 0 Å². The monoisotopic (exact) mass is 527 g/mol. The number of likely N-dealkylation sites (tertiary alicyclic amines) is 2. The van der Waals surface area contributed by atoms with Gasteiger partial charge in [-0.05, 0) is 81.4 Å². The molecule has 3 aliphatic rings. The van der Waals surface area contributed by atoms with Crippen LogP contribution in [0.3, 0.4) is 0 Å². The maximum atomic E-state index is 14.1. The van der Waals surface area contributed by atoms with Crippen LogP contribution in [0.15, 0.2) is 36.5 Å². The summed E-state index contributed by atoms with van der Waals surface area (Å²) in [4.78, 5) is 37.5. The highest BCUT2D eigenvalue weighted by Crippen LogP contribution is 2.39. The third-order valence-corrected chi connectivity index (χ3v) is 8.14. The van der Waals surface area contributed by atoms with Crippen molar-refractivity contribution >= 4 is 39.2 Å². The number of pyridine rings is 1. The Morgan fingerprint density at radius 1 is 1.08 bits per heavy atom. The average Bonchev–Trinajstić information content (AvgIpc) is 3.01. The Morgan fingerprint density at radius 2 is 1.89 bits per heavy atom. The second-order valence-corrected chi connectivity index (χ2v) is 11.6. The van der Waals surface area contributed by atoms with E-state index in [1.54, 1.807) is 30.5 Å². The van der Waals surface area contributed by atoms with Gasteiger partial charge in [-0.2, -0.15) is 8.42 Å². The summed E-state index contributed by atoms with van der Waals surface area (Å²) in [6.07, 6.45) is 8.36. The summed E-state index contributed by atoms with van der Waals surface area (Å²) in [5, 5.41) is 2.76. The second-order valence-electron chi connectivity index (χ2n) is 10.1. The first-order valence-corrected chi connectivity index (χ1v) is 14.6. The van der Waals surface area contributed by atoms with E-state index in [1.807, 2.05) is 4.90 Å². The fraction of sp³-hybridized carbons (Fsp3) is 0.500. The minimum Gasteiger partial charge on any atom is -0.324 e. The van der Waals surface area contributed by atoms with Crippen molar-refractivity contribution in [1.29, 1.82) is 0 Å².